The average Bonchev–Trinajstić information content (AvgIpc) is 2.14. The second kappa shape index (κ2) is 5.15. The molecule has 0 radical (unpaired) electrons. The Bertz CT molecular complexity index is 511. The number of hydrogen-bond acceptors (Lipinski definition) is 3. The van der Waals surface area contributed by atoms with Gasteiger partial charge in [-0.1, -0.05) is 12.1 Å². The number of amides is 1. The van der Waals surface area contributed by atoms with Crippen LogP contribution in [0.4, 0.5) is 5.69 Å². The van der Waals surface area contributed by atoms with Gasteiger partial charge < -0.3 is 5.73 Å². The summed E-state index contributed by atoms with van der Waals surface area (Å²) in [5.74, 6) is -0.687. The van der Waals surface area contributed by atoms with E-state index in [-0.39, 0.29) is 17.3 Å². The standard InChI is InChI=1S/C10H15N3O3S/c1-7(2)12-17(15,16)13-9-6-4-3-5-8(9)10(11)14/h3-7,12-13H,1-2H3,(H2,11,14). The van der Waals surface area contributed by atoms with Gasteiger partial charge in [0.25, 0.3) is 16.1 Å². The van der Waals surface area contributed by atoms with Crippen LogP contribution in [0.5, 0.6) is 0 Å². The van der Waals surface area contributed by atoms with E-state index in [0.29, 0.717) is 0 Å². The molecule has 4 N–H and O–H groups in total. The Hall–Kier alpha value is -1.60. The number of benzene rings is 1. The van der Waals surface area contributed by atoms with Gasteiger partial charge in [-0.2, -0.15) is 13.1 Å². The molecule has 0 heterocycles. The van der Waals surface area contributed by atoms with Gasteiger partial charge in [-0.25, -0.2) is 0 Å². The smallest absolute Gasteiger partial charge is 0.299 e. The Morgan fingerprint density at radius 3 is 2.41 bits per heavy atom. The molecule has 1 rings (SSSR count). The Morgan fingerprint density at radius 1 is 1.29 bits per heavy atom. The fourth-order valence-corrected chi connectivity index (χ4v) is 2.42. The van der Waals surface area contributed by atoms with Crippen LogP contribution in [0, 0.1) is 0 Å². The summed E-state index contributed by atoms with van der Waals surface area (Å²) < 4.78 is 27.8. The molecule has 0 saturated heterocycles. The molecule has 0 bridgehead atoms. The SMILES string of the molecule is CC(C)NS(=O)(=O)Nc1ccccc1C(N)=O. The van der Waals surface area contributed by atoms with E-state index in [1.807, 2.05) is 0 Å². The lowest BCUT2D eigenvalue weighted by Gasteiger charge is -2.13. The predicted octanol–water partition coefficient (Wildman–Crippen LogP) is 0.440. The van der Waals surface area contributed by atoms with E-state index < -0.39 is 16.1 Å². The second-order valence-electron chi connectivity index (χ2n) is 3.79. The van der Waals surface area contributed by atoms with Crippen molar-refractivity contribution >= 4 is 21.8 Å². The summed E-state index contributed by atoms with van der Waals surface area (Å²) in [5.41, 5.74) is 5.43. The van der Waals surface area contributed by atoms with Gasteiger partial charge in [0.15, 0.2) is 0 Å². The topological polar surface area (TPSA) is 101 Å². The number of rotatable bonds is 5. The highest BCUT2D eigenvalue weighted by Gasteiger charge is 2.15. The van der Waals surface area contributed by atoms with E-state index >= 15 is 0 Å². The van der Waals surface area contributed by atoms with Crippen LogP contribution in [0.2, 0.25) is 0 Å². The lowest BCUT2D eigenvalue weighted by Crippen LogP contribution is -2.35. The minimum atomic E-state index is -3.70. The lowest BCUT2D eigenvalue weighted by atomic mass is 10.2. The van der Waals surface area contributed by atoms with E-state index in [9.17, 15) is 13.2 Å². The third-order valence-corrected chi connectivity index (χ3v) is 3.10. The molecule has 0 aromatic heterocycles. The molecule has 0 fully saturated rings. The summed E-state index contributed by atoms with van der Waals surface area (Å²) in [6.45, 7) is 3.39. The quantitative estimate of drug-likeness (QED) is 0.713. The van der Waals surface area contributed by atoms with E-state index in [0.717, 1.165) is 0 Å². The molecule has 1 amide bonds. The first-order valence-electron chi connectivity index (χ1n) is 5.01. The Morgan fingerprint density at radius 2 is 1.88 bits per heavy atom. The van der Waals surface area contributed by atoms with E-state index in [4.69, 9.17) is 5.73 Å². The molecule has 0 atom stereocenters. The molecule has 0 aliphatic rings. The van der Waals surface area contributed by atoms with Crippen molar-refractivity contribution in [1.82, 2.24) is 4.72 Å². The molecule has 6 nitrogen and oxygen atoms in total. The summed E-state index contributed by atoms with van der Waals surface area (Å²) in [4.78, 5) is 11.1. The zero-order valence-corrected chi connectivity index (χ0v) is 10.4. The first-order chi connectivity index (χ1) is 7.82. The predicted molar refractivity (Wildman–Crippen MR) is 65.8 cm³/mol. The van der Waals surface area contributed by atoms with E-state index in [1.165, 1.54) is 12.1 Å². The number of nitrogens with two attached hydrogens (primary N) is 1. The van der Waals surface area contributed by atoms with Gasteiger partial charge in [0.1, 0.15) is 0 Å². The van der Waals surface area contributed by atoms with Gasteiger partial charge in [-0.15, -0.1) is 0 Å². The Balaban J connectivity index is 3.00. The van der Waals surface area contributed by atoms with Crippen molar-refractivity contribution < 1.29 is 13.2 Å². The third-order valence-electron chi connectivity index (χ3n) is 1.83. The maximum Gasteiger partial charge on any atom is 0.299 e. The molecular formula is C10H15N3O3S. The molecular weight excluding hydrogens is 242 g/mol. The van der Waals surface area contributed by atoms with Crippen molar-refractivity contribution in [2.45, 2.75) is 19.9 Å². The largest absolute Gasteiger partial charge is 0.366 e. The van der Waals surface area contributed by atoms with Crippen LogP contribution in [0.25, 0.3) is 0 Å². The van der Waals surface area contributed by atoms with Crippen LogP contribution < -0.4 is 15.2 Å². The molecule has 0 unspecified atom stereocenters. The molecule has 17 heavy (non-hydrogen) atoms. The maximum atomic E-state index is 11.6. The second-order valence-corrected chi connectivity index (χ2v) is 5.23. The maximum absolute atomic E-state index is 11.6. The molecule has 94 valence electrons. The molecule has 7 heteroatoms. The Kier molecular flexibility index (Phi) is 4.08. The normalized spacial score (nSPS) is 11.5. The van der Waals surface area contributed by atoms with Crippen LogP contribution in [0.3, 0.4) is 0 Å². The van der Waals surface area contributed by atoms with E-state index in [2.05, 4.69) is 9.44 Å². The molecule has 1 aromatic carbocycles. The minimum absolute atomic E-state index is 0.127. The third kappa shape index (κ3) is 4.04. The van der Waals surface area contributed by atoms with Crippen molar-refractivity contribution in [3.63, 3.8) is 0 Å². The van der Waals surface area contributed by atoms with E-state index in [1.54, 1.807) is 26.0 Å². The van der Waals surface area contributed by atoms with Gasteiger partial charge >= 0.3 is 0 Å². The zero-order chi connectivity index (χ0) is 13.1. The summed E-state index contributed by atoms with van der Waals surface area (Å²) in [6, 6.07) is 5.90. The number of carbonyl (C=O) groups excluding carboxylic acids is 1. The van der Waals surface area contributed by atoms with Gasteiger partial charge in [0.05, 0.1) is 11.3 Å². The van der Waals surface area contributed by atoms with Crippen molar-refractivity contribution in [2.75, 3.05) is 4.72 Å². The van der Waals surface area contributed by atoms with Gasteiger partial charge in [0.2, 0.25) is 0 Å². The number of carbonyl (C=O) groups is 1. The van der Waals surface area contributed by atoms with Crippen molar-refractivity contribution in [3.8, 4) is 0 Å². The van der Waals surface area contributed by atoms with Crippen LogP contribution in [0.15, 0.2) is 24.3 Å². The van der Waals surface area contributed by atoms with Gasteiger partial charge in [0, 0.05) is 6.04 Å². The van der Waals surface area contributed by atoms with Crippen LogP contribution >= 0.6 is 0 Å². The highest BCUT2D eigenvalue weighted by atomic mass is 32.2. The van der Waals surface area contributed by atoms with Crippen LogP contribution in [-0.4, -0.2) is 20.4 Å². The van der Waals surface area contributed by atoms with Crippen LogP contribution in [0.1, 0.15) is 24.2 Å². The highest BCUT2D eigenvalue weighted by molar-refractivity contribution is 7.90. The number of para-hydroxylation sites is 1. The first-order valence-corrected chi connectivity index (χ1v) is 6.49. The monoisotopic (exact) mass is 257 g/mol. The molecule has 0 saturated carbocycles. The zero-order valence-electron chi connectivity index (χ0n) is 9.60. The summed E-state index contributed by atoms with van der Waals surface area (Å²) in [5, 5.41) is 0. The first kappa shape index (κ1) is 13.5. The van der Waals surface area contributed by atoms with Crippen molar-refractivity contribution in [2.24, 2.45) is 5.73 Å². The minimum Gasteiger partial charge on any atom is -0.366 e. The molecule has 0 aliphatic heterocycles. The lowest BCUT2D eigenvalue weighted by molar-refractivity contribution is 0.100. The Labute approximate surface area is 100 Å². The van der Waals surface area contributed by atoms with Gasteiger partial charge in [-0.05, 0) is 26.0 Å². The summed E-state index contributed by atoms with van der Waals surface area (Å²) in [7, 11) is -3.70. The van der Waals surface area contributed by atoms with Crippen LogP contribution in [-0.2, 0) is 10.2 Å². The number of primary amides is 1. The number of nitrogens with one attached hydrogen (secondary N) is 2. The summed E-state index contributed by atoms with van der Waals surface area (Å²) in [6.07, 6.45) is 0. The number of anilines is 1. The van der Waals surface area contributed by atoms with Crippen molar-refractivity contribution in [1.29, 1.82) is 0 Å². The number of hydrogen-bond donors (Lipinski definition) is 3. The highest BCUT2D eigenvalue weighted by Crippen LogP contribution is 2.15. The molecule has 0 aliphatic carbocycles. The summed E-state index contributed by atoms with van der Waals surface area (Å²) >= 11 is 0. The van der Waals surface area contributed by atoms with Crippen molar-refractivity contribution in [3.05, 3.63) is 29.8 Å². The molecule has 1 aromatic rings. The fraction of sp³-hybridized carbons (Fsp3) is 0.300. The molecule has 0 spiro atoms. The average molecular weight is 257 g/mol. The van der Waals surface area contributed by atoms with Gasteiger partial charge in [-0.3, -0.25) is 9.52 Å². The fourth-order valence-electron chi connectivity index (χ4n) is 1.27.